The van der Waals surface area contributed by atoms with Crippen LogP contribution < -0.4 is 0 Å². The van der Waals surface area contributed by atoms with Crippen molar-refractivity contribution >= 4 is 17.1 Å². The largest absolute Gasteiger partial charge is 0.462 e. The molecule has 0 atom stereocenters. The lowest BCUT2D eigenvalue weighted by molar-refractivity contribution is -0.145. The zero-order valence-electron chi connectivity index (χ0n) is 12.1. The van der Waals surface area contributed by atoms with Gasteiger partial charge in [-0.15, -0.1) is 0 Å². The normalized spacial score (nSPS) is 10.9. The van der Waals surface area contributed by atoms with Crippen LogP contribution in [0.15, 0.2) is 42.6 Å². The van der Waals surface area contributed by atoms with Crippen LogP contribution in [0.5, 0.6) is 0 Å². The predicted octanol–water partition coefficient (Wildman–Crippen LogP) is 1.77. The summed E-state index contributed by atoms with van der Waals surface area (Å²) in [5, 5.41) is 8.73. The van der Waals surface area contributed by atoms with Crippen LogP contribution in [0.25, 0.3) is 22.6 Å². The van der Waals surface area contributed by atoms with Gasteiger partial charge in [0, 0.05) is 11.8 Å². The minimum atomic E-state index is -0.507. The molecular formula is C16H14FN3O3. The van der Waals surface area contributed by atoms with Crippen LogP contribution >= 0.6 is 0 Å². The number of rotatable bonds is 5. The maximum atomic E-state index is 13.1. The lowest BCUT2D eigenvalue weighted by Gasteiger charge is -2.08. The highest BCUT2D eigenvalue weighted by Crippen LogP contribution is 2.23. The average Bonchev–Trinajstić information content (AvgIpc) is 2.92. The molecule has 0 bridgehead atoms. The number of aliphatic hydroxyl groups is 1. The molecule has 1 aromatic carbocycles. The molecule has 0 saturated carbocycles. The quantitative estimate of drug-likeness (QED) is 0.726. The maximum absolute atomic E-state index is 13.1. The summed E-state index contributed by atoms with van der Waals surface area (Å²) in [4.78, 5) is 20.6. The van der Waals surface area contributed by atoms with E-state index in [2.05, 4.69) is 9.97 Å². The van der Waals surface area contributed by atoms with Crippen molar-refractivity contribution in [2.45, 2.75) is 6.54 Å². The summed E-state index contributed by atoms with van der Waals surface area (Å²) in [6, 6.07) is 9.37. The van der Waals surface area contributed by atoms with Crippen molar-refractivity contribution in [2.24, 2.45) is 0 Å². The van der Waals surface area contributed by atoms with E-state index >= 15 is 0 Å². The van der Waals surface area contributed by atoms with E-state index in [9.17, 15) is 9.18 Å². The Kier molecular flexibility index (Phi) is 4.29. The number of imidazole rings is 1. The van der Waals surface area contributed by atoms with Gasteiger partial charge in [0.15, 0.2) is 5.65 Å². The summed E-state index contributed by atoms with van der Waals surface area (Å²) in [7, 11) is 0. The van der Waals surface area contributed by atoms with Gasteiger partial charge in [-0.1, -0.05) is 0 Å². The second-order valence-corrected chi connectivity index (χ2v) is 4.82. The molecule has 0 aliphatic carbocycles. The minimum absolute atomic E-state index is 0.0647. The van der Waals surface area contributed by atoms with Gasteiger partial charge in [-0.2, -0.15) is 0 Å². The van der Waals surface area contributed by atoms with Gasteiger partial charge in [0.25, 0.3) is 0 Å². The van der Waals surface area contributed by atoms with E-state index < -0.39 is 5.97 Å². The van der Waals surface area contributed by atoms with E-state index in [0.717, 1.165) is 0 Å². The van der Waals surface area contributed by atoms with Gasteiger partial charge in [-0.05, 0) is 36.4 Å². The number of esters is 1. The number of benzene rings is 1. The van der Waals surface area contributed by atoms with Crippen molar-refractivity contribution < 1.29 is 19.0 Å². The fourth-order valence-electron chi connectivity index (χ4n) is 2.26. The van der Waals surface area contributed by atoms with Gasteiger partial charge in [0.1, 0.15) is 30.3 Å². The van der Waals surface area contributed by atoms with Crippen molar-refractivity contribution in [3.63, 3.8) is 0 Å². The van der Waals surface area contributed by atoms with Crippen molar-refractivity contribution in [2.75, 3.05) is 13.2 Å². The Hall–Kier alpha value is -2.80. The molecule has 0 unspecified atom stereocenters. The first-order chi connectivity index (χ1) is 11.2. The summed E-state index contributed by atoms with van der Waals surface area (Å²) in [6.45, 7) is -0.398. The smallest absolute Gasteiger partial charge is 0.326 e. The number of pyridine rings is 1. The molecule has 0 aliphatic rings. The third-order valence-corrected chi connectivity index (χ3v) is 3.25. The summed E-state index contributed by atoms with van der Waals surface area (Å²) in [5.41, 5.74) is 1.83. The Morgan fingerprint density at radius 1 is 1.26 bits per heavy atom. The van der Waals surface area contributed by atoms with Gasteiger partial charge in [-0.25, -0.2) is 14.4 Å². The Morgan fingerprint density at radius 2 is 2.04 bits per heavy atom. The van der Waals surface area contributed by atoms with E-state index in [1.54, 1.807) is 35.0 Å². The van der Waals surface area contributed by atoms with Gasteiger partial charge >= 0.3 is 5.97 Å². The number of ether oxygens (including phenoxy) is 1. The van der Waals surface area contributed by atoms with Crippen LogP contribution in [-0.4, -0.2) is 38.8 Å². The number of halogens is 1. The fourth-order valence-corrected chi connectivity index (χ4v) is 2.26. The topological polar surface area (TPSA) is 77.2 Å². The molecule has 7 heteroatoms. The lowest BCUT2D eigenvalue weighted by Crippen LogP contribution is -2.16. The molecule has 0 spiro atoms. The molecule has 0 amide bonds. The van der Waals surface area contributed by atoms with Gasteiger partial charge in [0.05, 0.1) is 6.61 Å². The Morgan fingerprint density at radius 3 is 2.78 bits per heavy atom. The second kappa shape index (κ2) is 6.53. The number of carbonyl (C=O) groups excluding carboxylic acids is 1. The van der Waals surface area contributed by atoms with E-state index in [-0.39, 0.29) is 25.6 Å². The van der Waals surface area contributed by atoms with Crippen LogP contribution in [0, 0.1) is 5.82 Å². The van der Waals surface area contributed by atoms with E-state index in [0.29, 0.717) is 22.6 Å². The fraction of sp³-hybridized carbons (Fsp3) is 0.188. The molecule has 118 valence electrons. The van der Waals surface area contributed by atoms with Gasteiger partial charge in [0.2, 0.25) is 0 Å². The molecular weight excluding hydrogens is 301 g/mol. The highest BCUT2D eigenvalue weighted by molar-refractivity contribution is 5.80. The summed E-state index contributed by atoms with van der Waals surface area (Å²) in [6.07, 6.45) is 1.61. The Bertz CT molecular complexity index is 830. The monoisotopic (exact) mass is 315 g/mol. The molecule has 0 saturated heterocycles. The molecule has 0 radical (unpaired) electrons. The number of nitrogens with zero attached hydrogens (tertiary/aromatic N) is 3. The minimum Gasteiger partial charge on any atom is -0.462 e. The van der Waals surface area contributed by atoms with Crippen molar-refractivity contribution in [3.05, 3.63) is 48.4 Å². The van der Waals surface area contributed by atoms with Crippen LogP contribution in [0.4, 0.5) is 4.39 Å². The maximum Gasteiger partial charge on any atom is 0.326 e. The van der Waals surface area contributed by atoms with E-state index in [4.69, 9.17) is 9.84 Å². The summed E-state index contributed by atoms with van der Waals surface area (Å²) >= 11 is 0. The van der Waals surface area contributed by atoms with Crippen molar-refractivity contribution in [1.29, 1.82) is 0 Å². The zero-order chi connectivity index (χ0) is 16.2. The predicted molar refractivity (Wildman–Crippen MR) is 81.0 cm³/mol. The standard InChI is InChI=1S/C16H14FN3O3/c17-12-5-3-11(4-6-12)15-19-13-2-1-7-18-16(13)20(15)10-14(22)23-9-8-21/h1-7,21H,8-10H2. The number of aromatic nitrogens is 3. The second-order valence-electron chi connectivity index (χ2n) is 4.82. The Balaban J connectivity index is 2.04. The SMILES string of the molecule is O=C(Cn1c(-c2ccc(F)cc2)nc2cccnc21)OCCO. The van der Waals surface area contributed by atoms with Crippen LogP contribution in [0.2, 0.25) is 0 Å². The van der Waals surface area contributed by atoms with Gasteiger partial charge < -0.3 is 9.84 Å². The molecule has 1 N–H and O–H groups in total. The van der Waals surface area contributed by atoms with Crippen LogP contribution in [0.1, 0.15) is 0 Å². The molecule has 3 rings (SSSR count). The number of aliphatic hydroxyl groups excluding tert-OH is 1. The van der Waals surface area contributed by atoms with E-state index in [1.165, 1.54) is 12.1 Å². The first-order valence-electron chi connectivity index (χ1n) is 7.02. The molecule has 0 aliphatic heterocycles. The third-order valence-electron chi connectivity index (χ3n) is 3.25. The highest BCUT2D eigenvalue weighted by Gasteiger charge is 2.16. The van der Waals surface area contributed by atoms with Crippen molar-refractivity contribution in [3.8, 4) is 11.4 Å². The molecule has 2 aromatic heterocycles. The first-order valence-corrected chi connectivity index (χ1v) is 7.02. The van der Waals surface area contributed by atoms with E-state index in [1.807, 2.05) is 0 Å². The number of hydrogen-bond acceptors (Lipinski definition) is 5. The zero-order valence-corrected chi connectivity index (χ0v) is 12.1. The average molecular weight is 315 g/mol. The third kappa shape index (κ3) is 3.19. The molecule has 3 aromatic rings. The van der Waals surface area contributed by atoms with Crippen molar-refractivity contribution in [1.82, 2.24) is 14.5 Å². The van der Waals surface area contributed by atoms with Gasteiger partial charge in [-0.3, -0.25) is 9.36 Å². The highest BCUT2D eigenvalue weighted by atomic mass is 19.1. The lowest BCUT2D eigenvalue weighted by atomic mass is 10.2. The summed E-state index contributed by atoms with van der Waals surface area (Å²) in [5.74, 6) is -0.357. The molecule has 0 fully saturated rings. The summed E-state index contributed by atoms with van der Waals surface area (Å²) < 4.78 is 19.6. The molecule has 6 nitrogen and oxygen atoms in total. The number of carbonyl (C=O) groups is 1. The molecule has 2 heterocycles. The van der Waals surface area contributed by atoms with Crippen LogP contribution in [0.3, 0.4) is 0 Å². The number of hydrogen-bond donors (Lipinski definition) is 1. The number of fused-ring (bicyclic) bond motifs is 1. The first kappa shape index (κ1) is 15.1. The molecule has 23 heavy (non-hydrogen) atoms. The Labute approximate surface area is 131 Å². The van der Waals surface area contributed by atoms with Crippen LogP contribution in [-0.2, 0) is 16.1 Å².